The maximum Gasteiger partial charge on any atom is 0.0960 e. The van der Waals surface area contributed by atoms with E-state index in [1.807, 2.05) is 43.5 Å². The average Bonchev–Trinajstić information content (AvgIpc) is 2.72. The van der Waals surface area contributed by atoms with Crippen molar-refractivity contribution in [1.82, 2.24) is 15.2 Å². The van der Waals surface area contributed by atoms with Crippen LogP contribution in [0.3, 0.4) is 0 Å². The van der Waals surface area contributed by atoms with E-state index in [0.29, 0.717) is 0 Å². The number of aromatic amines is 1. The van der Waals surface area contributed by atoms with Gasteiger partial charge in [-0.05, 0) is 25.1 Å². The van der Waals surface area contributed by atoms with Crippen LogP contribution in [-0.2, 0) is 0 Å². The lowest BCUT2D eigenvalue weighted by atomic mass is 10.1. The van der Waals surface area contributed by atoms with Crippen LogP contribution < -0.4 is 5.73 Å². The Morgan fingerprint density at radius 1 is 1.18 bits per heavy atom. The smallest absolute Gasteiger partial charge is 0.0960 e. The molecule has 0 fully saturated rings. The van der Waals surface area contributed by atoms with Gasteiger partial charge in [-0.1, -0.05) is 12.1 Å². The summed E-state index contributed by atoms with van der Waals surface area (Å²) < 4.78 is 0. The summed E-state index contributed by atoms with van der Waals surface area (Å²) in [5, 5.41) is 8.25. The second-order valence-electron chi connectivity index (χ2n) is 4.06. The van der Waals surface area contributed by atoms with Gasteiger partial charge < -0.3 is 5.73 Å². The van der Waals surface area contributed by atoms with Crippen LogP contribution in [0.1, 0.15) is 5.69 Å². The molecule has 4 heteroatoms. The van der Waals surface area contributed by atoms with E-state index in [1.165, 1.54) is 0 Å². The monoisotopic (exact) mass is 224 g/mol. The SMILES string of the molecule is Cc1[nH]nc2cc(-c3ccc(N)cc3)ncc12. The maximum absolute atomic E-state index is 5.66. The number of nitrogen functional groups attached to an aromatic ring is 1. The molecule has 3 N–H and O–H groups in total. The summed E-state index contributed by atoms with van der Waals surface area (Å²) in [5.74, 6) is 0. The normalized spacial score (nSPS) is 10.9. The third-order valence-corrected chi connectivity index (χ3v) is 2.84. The molecule has 0 unspecified atom stereocenters. The number of aryl methyl sites for hydroxylation is 1. The van der Waals surface area contributed by atoms with Crippen LogP contribution in [0.2, 0.25) is 0 Å². The van der Waals surface area contributed by atoms with Gasteiger partial charge in [0.1, 0.15) is 0 Å². The molecule has 0 saturated carbocycles. The molecular formula is C13H12N4. The molecule has 3 rings (SSSR count). The zero-order valence-electron chi connectivity index (χ0n) is 9.44. The molecule has 0 bridgehead atoms. The van der Waals surface area contributed by atoms with Crippen LogP contribution >= 0.6 is 0 Å². The van der Waals surface area contributed by atoms with Crippen molar-refractivity contribution in [3.05, 3.63) is 42.2 Å². The second-order valence-corrected chi connectivity index (χ2v) is 4.06. The van der Waals surface area contributed by atoms with Gasteiger partial charge in [0.25, 0.3) is 0 Å². The fourth-order valence-corrected chi connectivity index (χ4v) is 1.84. The van der Waals surface area contributed by atoms with Crippen molar-refractivity contribution >= 4 is 16.6 Å². The van der Waals surface area contributed by atoms with Gasteiger partial charge in [-0.25, -0.2) is 0 Å². The van der Waals surface area contributed by atoms with Gasteiger partial charge >= 0.3 is 0 Å². The molecule has 1 aromatic carbocycles. The highest BCUT2D eigenvalue weighted by atomic mass is 15.1. The molecule has 17 heavy (non-hydrogen) atoms. The van der Waals surface area contributed by atoms with Crippen molar-refractivity contribution in [3.63, 3.8) is 0 Å². The number of H-pyrrole nitrogens is 1. The van der Waals surface area contributed by atoms with Crippen LogP contribution in [0.5, 0.6) is 0 Å². The molecule has 84 valence electrons. The van der Waals surface area contributed by atoms with Crippen molar-refractivity contribution in [2.45, 2.75) is 6.92 Å². The number of rotatable bonds is 1. The fraction of sp³-hybridized carbons (Fsp3) is 0.0769. The minimum Gasteiger partial charge on any atom is -0.399 e. The predicted molar refractivity (Wildman–Crippen MR) is 68.5 cm³/mol. The lowest BCUT2D eigenvalue weighted by molar-refractivity contribution is 1.07. The van der Waals surface area contributed by atoms with Crippen molar-refractivity contribution in [1.29, 1.82) is 0 Å². The first kappa shape index (κ1) is 9.84. The molecule has 0 spiro atoms. The number of nitrogens with two attached hydrogens (primary N) is 1. The number of nitrogens with zero attached hydrogens (tertiary/aromatic N) is 2. The standard InChI is InChI=1S/C13H12N4/c1-8-11-7-15-12(6-13(11)17-16-8)9-2-4-10(14)5-3-9/h2-7H,14H2,1H3,(H,16,17). The predicted octanol–water partition coefficient (Wildman–Crippen LogP) is 2.52. The molecule has 3 aromatic rings. The van der Waals surface area contributed by atoms with Crippen molar-refractivity contribution < 1.29 is 0 Å². The van der Waals surface area contributed by atoms with Gasteiger partial charge in [-0.3, -0.25) is 10.1 Å². The van der Waals surface area contributed by atoms with E-state index in [0.717, 1.165) is 33.5 Å². The number of benzene rings is 1. The van der Waals surface area contributed by atoms with Crippen LogP contribution in [0.4, 0.5) is 5.69 Å². The minimum absolute atomic E-state index is 0.755. The number of fused-ring (bicyclic) bond motifs is 1. The first-order chi connectivity index (χ1) is 8.24. The summed E-state index contributed by atoms with van der Waals surface area (Å²) >= 11 is 0. The Kier molecular flexibility index (Phi) is 2.08. The Morgan fingerprint density at radius 2 is 1.94 bits per heavy atom. The summed E-state index contributed by atoms with van der Waals surface area (Å²) in [6.07, 6.45) is 1.85. The molecule has 0 radical (unpaired) electrons. The molecule has 0 amide bonds. The van der Waals surface area contributed by atoms with E-state index in [2.05, 4.69) is 15.2 Å². The molecule has 2 aromatic heterocycles. The molecule has 0 saturated heterocycles. The summed E-state index contributed by atoms with van der Waals surface area (Å²) in [6, 6.07) is 9.64. The van der Waals surface area contributed by atoms with Gasteiger partial charge in [0.05, 0.1) is 11.2 Å². The van der Waals surface area contributed by atoms with Crippen LogP contribution in [0.25, 0.3) is 22.2 Å². The van der Waals surface area contributed by atoms with E-state index in [-0.39, 0.29) is 0 Å². The van der Waals surface area contributed by atoms with Gasteiger partial charge in [0.2, 0.25) is 0 Å². The Balaban J connectivity index is 2.14. The lowest BCUT2D eigenvalue weighted by Gasteiger charge is -2.01. The molecule has 4 nitrogen and oxygen atoms in total. The largest absolute Gasteiger partial charge is 0.399 e. The van der Waals surface area contributed by atoms with Crippen molar-refractivity contribution in [3.8, 4) is 11.3 Å². The quantitative estimate of drug-likeness (QED) is 0.624. The number of hydrogen-bond donors (Lipinski definition) is 2. The van der Waals surface area contributed by atoms with E-state index < -0.39 is 0 Å². The summed E-state index contributed by atoms with van der Waals surface area (Å²) in [7, 11) is 0. The summed E-state index contributed by atoms with van der Waals surface area (Å²) in [6.45, 7) is 1.99. The van der Waals surface area contributed by atoms with Gasteiger partial charge in [-0.2, -0.15) is 5.10 Å². The Labute approximate surface area is 98.5 Å². The van der Waals surface area contributed by atoms with E-state index >= 15 is 0 Å². The summed E-state index contributed by atoms with van der Waals surface area (Å²) in [4.78, 5) is 4.44. The van der Waals surface area contributed by atoms with Crippen molar-refractivity contribution in [2.75, 3.05) is 5.73 Å². The average molecular weight is 224 g/mol. The molecule has 0 atom stereocenters. The molecular weight excluding hydrogens is 212 g/mol. The lowest BCUT2D eigenvalue weighted by Crippen LogP contribution is -1.86. The molecule has 2 heterocycles. The Bertz CT molecular complexity index is 667. The number of hydrogen-bond acceptors (Lipinski definition) is 3. The highest BCUT2D eigenvalue weighted by Gasteiger charge is 2.05. The van der Waals surface area contributed by atoms with Gasteiger partial charge in [-0.15, -0.1) is 0 Å². The Morgan fingerprint density at radius 3 is 2.71 bits per heavy atom. The zero-order valence-corrected chi connectivity index (χ0v) is 9.44. The van der Waals surface area contributed by atoms with E-state index in [4.69, 9.17) is 5.73 Å². The van der Waals surface area contributed by atoms with Crippen LogP contribution in [0.15, 0.2) is 36.5 Å². The first-order valence-corrected chi connectivity index (χ1v) is 5.41. The van der Waals surface area contributed by atoms with E-state index in [1.54, 1.807) is 0 Å². The topological polar surface area (TPSA) is 67.6 Å². The van der Waals surface area contributed by atoms with Gasteiger partial charge in [0.15, 0.2) is 0 Å². The van der Waals surface area contributed by atoms with Crippen LogP contribution in [-0.4, -0.2) is 15.2 Å². The Hall–Kier alpha value is -2.36. The maximum atomic E-state index is 5.66. The van der Waals surface area contributed by atoms with E-state index in [9.17, 15) is 0 Å². The zero-order chi connectivity index (χ0) is 11.8. The number of aromatic nitrogens is 3. The highest BCUT2D eigenvalue weighted by molar-refractivity contribution is 5.83. The number of anilines is 1. The van der Waals surface area contributed by atoms with Crippen molar-refractivity contribution in [2.24, 2.45) is 0 Å². The third kappa shape index (κ3) is 1.63. The second kappa shape index (κ2) is 3.59. The summed E-state index contributed by atoms with van der Waals surface area (Å²) in [5.41, 5.74) is 10.3. The van der Waals surface area contributed by atoms with Crippen LogP contribution in [0, 0.1) is 6.92 Å². The molecule has 0 aliphatic heterocycles. The highest BCUT2D eigenvalue weighted by Crippen LogP contribution is 2.22. The number of pyridine rings is 1. The molecule has 0 aliphatic carbocycles. The number of nitrogens with one attached hydrogen (secondary N) is 1. The molecule has 0 aliphatic rings. The first-order valence-electron chi connectivity index (χ1n) is 5.41. The van der Waals surface area contributed by atoms with Gasteiger partial charge in [0, 0.05) is 28.5 Å². The third-order valence-electron chi connectivity index (χ3n) is 2.84. The minimum atomic E-state index is 0.755. The fourth-order valence-electron chi connectivity index (χ4n) is 1.84.